The molecule has 1 amide bonds. The van der Waals surface area contributed by atoms with Crippen LogP contribution in [0.1, 0.15) is 21.5 Å². The smallest absolute Gasteiger partial charge is 0.251 e. The highest BCUT2D eigenvalue weighted by Gasteiger charge is 2.09. The highest BCUT2D eigenvalue weighted by molar-refractivity contribution is 7.88. The van der Waals surface area contributed by atoms with Gasteiger partial charge in [-0.25, -0.2) is 13.1 Å². The van der Waals surface area contributed by atoms with Gasteiger partial charge in [0.2, 0.25) is 10.0 Å². The first kappa shape index (κ1) is 20.6. The van der Waals surface area contributed by atoms with Crippen LogP contribution >= 0.6 is 0 Å². The Balaban J connectivity index is 1.54. The van der Waals surface area contributed by atoms with Gasteiger partial charge < -0.3 is 10.1 Å². The van der Waals surface area contributed by atoms with Crippen molar-refractivity contribution in [2.75, 3.05) is 7.05 Å². The van der Waals surface area contributed by atoms with E-state index >= 15 is 0 Å². The minimum atomic E-state index is -3.30. The van der Waals surface area contributed by atoms with E-state index in [2.05, 4.69) is 10.0 Å². The molecule has 2 N–H and O–H groups in total. The summed E-state index contributed by atoms with van der Waals surface area (Å²) in [5, 5.41) is 2.85. The van der Waals surface area contributed by atoms with E-state index < -0.39 is 10.0 Å². The Morgan fingerprint density at radius 1 is 0.828 bits per heavy atom. The first-order valence-electron chi connectivity index (χ1n) is 9.05. The molecule has 0 fully saturated rings. The third-order valence-corrected chi connectivity index (χ3v) is 5.57. The molecule has 0 aliphatic carbocycles. The van der Waals surface area contributed by atoms with Crippen LogP contribution in [0.4, 0.5) is 0 Å². The Bertz CT molecular complexity index is 1050. The van der Waals surface area contributed by atoms with Gasteiger partial charge in [-0.1, -0.05) is 42.5 Å². The number of ether oxygens (including phenoxy) is 1. The van der Waals surface area contributed by atoms with Gasteiger partial charge >= 0.3 is 0 Å². The Labute approximate surface area is 170 Å². The number of hydrogen-bond donors (Lipinski definition) is 2. The predicted octanol–water partition coefficient (Wildman–Crippen LogP) is 3.46. The van der Waals surface area contributed by atoms with Crippen molar-refractivity contribution in [3.05, 3.63) is 95.6 Å². The van der Waals surface area contributed by atoms with Crippen LogP contribution in [0.3, 0.4) is 0 Å². The van der Waals surface area contributed by atoms with Crippen LogP contribution in [-0.4, -0.2) is 21.4 Å². The Hall–Kier alpha value is -3.16. The maximum atomic E-state index is 12.3. The van der Waals surface area contributed by atoms with Crippen LogP contribution in [0.5, 0.6) is 11.5 Å². The fraction of sp³-hybridized carbons (Fsp3) is 0.136. The van der Waals surface area contributed by atoms with E-state index in [1.807, 2.05) is 30.3 Å². The molecule has 0 atom stereocenters. The van der Waals surface area contributed by atoms with Crippen LogP contribution < -0.4 is 14.8 Å². The minimum Gasteiger partial charge on any atom is -0.457 e. The second kappa shape index (κ2) is 9.36. The molecule has 0 aliphatic heterocycles. The number of carbonyl (C=O) groups excluding carboxylic acids is 1. The number of sulfonamides is 1. The van der Waals surface area contributed by atoms with E-state index in [0.29, 0.717) is 23.4 Å². The molecule has 0 unspecified atom stereocenters. The Morgan fingerprint density at radius 3 is 2.03 bits per heavy atom. The van der Waals surface area contributed by atoms with E-state index in [1.54, 1.807) is 48.5 Å². The lowest BCUT2D eigenvalue weighted by Gasteiger charge is -2.08. The summed E-state index contributed by atoms with van der Waals surface area (Å²) in [4.78, 5) is 12.3. The number of carbonyl (C=O) groups is 1. The molecule has 0 saturated carbocycles. The normalized spacial score (nSPS) is 11.1. The molecule has 0 radical (unpaired) electrons. The molecule has 0 spiro atoms. The van der Waals surface area contributed by atoms with Crippen LogP contribution in [0.2, 0.25) is 0 Å². The summed E-state index contributed by atoms with van der Waals surface area (Å²) < 4.78 is 31.2. The molecule has 3 aromatic carbocycles. The van der Waals surface area contributed by atoms with Crippen molar-refractivity contribution in [2.45, 2.75) is 12.3 Å². The zero-order chi connectivity index (χ0) is 20.7. The van der Waals surface area contributed by atoms with Gasteiger partial charge in [-0.15, -0.1) is 0 Å². The van der Waals surface area contributed by atoms with E-state index in [-0.39, 0.29) is 11.7 Å². The maximum Gasteiger partial charge on any atom is 0.251 e. The van der Waals surface area contributed by atoms with Gasteiger partial charge in [-0.2, -0.15) is 0 Å². The van der Waals surface area contributed by atoms with Gasteiger partial charge in [-0.3, -0.25) is 4.79 Å². The fourth-order valence-electron chi connectivity index (χ4n) is 2.63. The highest BCUT2D eigenvalue weighted by Crippen LogP contribution is 2.21. The van der Waals surface area contributed by atoms with E-state index in [9.17, 15) is 13.2 Å². The average Bonchev–Trinajstić information content (AvgIpc) is 2.74. The van der Waals surface area contributed by atoms with Crippen LogP contribution in [0.15, 0.2) is 78.9 Å². The SMILES string of the molecule is CNS(=O)(=O)Cc1ccc(CNC(=O)c2ccc(Oc3ccccc3)cc2)cc1. The standard InChI is InChI=1S/C22H22N2O4S/c1-23-29(26,27)16-18-9-7-17(8-10-18)15-24-22(25)19-11-13-21(14-12-19)28-20-5-3-2-4-6-20/h2-14,23H,15-16H2,1H3,(H,24,25). The van der Waals surface area contributed by atoms with E-state index in [0.717, 1.165) is 11.3 Å². The van der Waals surface area contributed by atoms with Crippen LogP contribution in [-0.2, 0) is 22.3 Å². The zero-order valence-electron chi connectivity index (χ0n) is 16.0. The zero-order valence-corrected chi connectivity index (χ0v) is 16.8. The van der Waals surface area contributed by atoms with E-state index in [4.69, 9.17) is 4.74 Å². The monoisotopic (exact) mass is 410 g/mol. The van der Waals surface area contributed by atoms with Gasteiger partial charge in [0.15, 0.2) is 0 Å². The summed E-state index contributed by atoms with van der Waals surface area (Å²) in [6.07, 6.45) is 0. The van der Waals surface area contributed by atoms with Crippen molar-refractivity contribution < 1.29 is 17.9 Å². The van der Waals surface area contributed by atoms with Gasteiger partial charge in [0, 0.05) is 12.1 Å². The molecule has 0 aliphatic rings. The highest BCUT2D eigenvalue weighted by atomic mass is 32.2. The summed E-state index contributed by atoms with van der Waals surface area (Å²) in [5.74, 6) is 1.11. The second-order valence-corrected chi connectivity index (χ2v) is 8.33. The molecular weight excluding hydrogens is 388 g/mol. The Morgan fingerprint density at radius 2 is 1.41 bits per heavy atom. The van der Waals surface area contributed by atoms with Gasteiger partial charge in [0.25, 0.3) is 5.91 Å². The molecule has 0 bridgehead atoms. The van der Waals surface area contributed by atoms with Crippen molar-refractivity contribution in [1.29, 1.82) is 0 Å². The topological polar surface area (TPSA) is 84.5 Å². The lowest BCUT2D eigenvalue weighted by Crippen LogP contribution is -2.22. The summed E-state index contributed by atoms with van der Waals surface area (Å²) in [6.45, 7) is 0.347. The number of rotatable bonds is 8. The molecule has 0 aromatic heterocycles. The molecule has 7 heteroatoms. The Kier molecular flexibility index (Phi) is 6.64. The molecular formula is C22H22N2O4S. The number of amides is 1. The number of nitrogens with one attached hydrogen (secondary N) is 2. The first-order chi connectivity index (χ1) is 13.9. The molecule has 29 heavy (non-hydrogen) atoms. The maximum absolute atomic E-state index is 12.3. The number of benzene rings is 3. The molecule has 3 rings (SSSR count). The van der Waals surface area contributed by atoms with Crippen LogP contribution in [0.25, 0.3) is 0 Å². The average molecular weight is 410 g/mol. The predicted molar refractivity (Wildman–Crippen MR) is 112 cm³/mol. The van der Waals surface area contributed by atoms with Crippen molar-refractivity contribution in [2.24, 2.45) is 0 Å². The number of hydrogen-bond acceptors (Lipinski definition) is 4. The first-order valence-corrected chi connectivity index (χ1v) is 10.7. The molecule has 3 aromatic rings. The molecule has 0 heterocycles. The van der Waals surface area contributed by atoms with Crippen molar-refractivity contribution in [3.8, 4) is 11.5 Å². The van der Waals surface area contributed by atoms with Crippen LogP contribution in [0, 0.1) is 0 Å². The summed E-state index contributed by atoms with van der Waals surface area (Å²) in [6, 6.07) is 23.4. The molecule has 6 nitrogen and oxygen atoms in total. The minimum absolute atomic E-state index is 0.0759. The number of para-hydroxylation sites is 1. The third kappa shape index (κ3) is 6.17. The lowest BCUT2D eigenvalue weighted by atomic mass is 10.1. The summed E-state index contributed by atoms with van der Waals surface area (Å²) in [5.41, 5.74) is 2.10. The van der Waals surface area contributed by atoms with Crippen molar-refractivity contribution in [1.82, 2.24) is 10.0 Å². The largest absolute Gasteiger partial charge is 0.457 e. The van der Waals surface area contributed by atoms with Crippen molar-refractivity contribution >= 4 is 15.9 Å². The summed E-state index contributed by atoms with van der Waals surface area (Å²) in [7, 11) is -1.91. The summed E-state index contributed by atoms with van der Waals surface area (Å²) >= 11 is 0. The molecule has 150 valence electrons. The van der Waals surface area contributed by atoms with Crippen molar-refractivity contribution in [3.63, 3.8) is 0 Å². The van der Waals surface area contributed by atoms with Gasteiger partial charge in [0.05, 0.1) is 5.75 Å². The van der Waals surface area contributed by atoms with E-state index in [1.165, 1.54) is 7.05 Å². The fourth-order valence-corrected chi connectivity index (χ4v) is 3.40. The van der Waals surface area contributed by atoms with Gasteiger partial charge in [0.1, 0.15) is 11.5 Å². The molecule has 0 saturated heterocycles. The quantitative estimate of drug-likeness (QED) is 0.596. The second-order valence-electron chi connectivity index (χ2n) is 6.40. The lowest BCUT2D eigenvalue weighted by molar-refractivity contribution is 0.0951. The van der Waals surface area contributed by atoms with Gasteiger partial charge in [-0.05, 0) is 54.6 Å². The third-order valence-electron chi connectivity index (χ3n) is 4.24.